The number of carbonyl (C=O) groups excluding carboxylic acids is 1. The lowest BCUT2D eigenvalue weighted by molar-refractivity contribution is -0.120. The van der Waals surface area contributed by atoms with Gasteiger partial charge in [-0.15, -0.1) is 0 Å². The Balaban J connectivity index is 1.66. The molecule has 1 aliphatic heterocycles. The van der Waals surface area contributed by atoms with Gasteiger partial charge in [-0.1, -0.05) is 24.3 Å². The largest absolute Gasteiger partial charge is 0.354 e. The molecule has 3 rings (SSSR count). The van der Waals surface area contributed by atoms with E-state index in [1.165, 1.54) is 11.1 Å². The Kier molecular flexibility index (Phi) is 3.76. The summed E-state index contributed by atoms with van der Waals surface area (Å²) in [4.78, 5) is 13.6. The second kappa shape index (κ2) is 5.54. The van der Waals surface area contributed by atoms with Crippen LogP contribution in [0, 0.1) is 0 Å². The zero-order valence-electron chi connectivity index (χ0n) is 12.0. The van der Waals surface area contributed by atoms with E-state index in [1.807, 2.05) is 0 Å². The second-order valence-electron chi connectivity index (χ2n) is 6.00. The molecule has 20 heavy (non-hydrogen) atoms. The number of fused-ring (bicyclic) bond motifs is 1. The summed E-state index contributed by atoms with van der Waals surface area (Å²) >= 11 is 0. The van der Waals surface area contributed by atoms with Gasteiger partial charge in [0, 0.05) is 38.1 Å². The van der Waals surface area contributed by atoms with E-state index in [4.69, 9.17) is 5.73 Å². The highest BCUT2D eigenvalue weighted by Crippen LogP contribution is 2.41. The molecule has 1 fully saturated rings. The molecule has 1 saturated heterocycles. The van der Waals surface area contributed by atoms with Crippen LogP contribution in [0.4, 0.5) is 0 Å². The van der Waals surface area contributed by atoms with E-state index in [0.29, 0.717) is 12.1 Å². The normalized spacial score (nSPS) is 27.3. The molecule has 1 heterocycles. The van der Waals surface area contributed by atoms with Crippen molar-refractivity contribution in [3.05, 3.63) is 35.4 Å². The molecule has 0 saturated carbocycles. The third kappa shape index (κ3) is 2.58. The first-order valence-corrected chi connectivity index (χ1v) is 7.50. The third-order valence-corrected chi connectivity index (χ3v) is 4.61. The van der Waals surface area contributed by atoms with E-state index in [9.17, 15) is 4.79 Å². The van der Waals surface area contributed by atoms with Gasteiger partial charge in [0.25, 0.3) is 0 Å². The Bertz CT molecular complexity index is 494. The van der Waals surface area contributed by atoms with Gasteiger partial charge >= 0.3 is 0 Å². The monoisotopic (exact) mass is 273 g/mol. The van der Waals surface area contributed by atoms with Crippen molar-refractivity contribution < 1.29 is 4.79 Å². The molecule has 0 spiro atoms. The first kappa shape index (κ1) is 13.6. The van der Waals surface area contributed by atoms with Gasteiger partial charge in [-0.3, -0.25) is 9.69 Å². The molecule has 4 nitrogen and oxygen atoms in total. The fourth-order valence-electron chi connectivity index (χ4n) is 3.64. The minimum Gasteiger partial charge on any atom is -0.354 e. The van der Waals surface area contributed by atoms with E-state index in [0.717, 1.165) is 32.4 Å². The number of amides is 1. The number of nitrogens with zero attached hydrogens (tertiary/aromatic N) is 1. The maximum Gasteiger partial charge on any atom is 0.217 e. The molecule has 0 bridgehead atoms. The topological polar surface area (TPSA) is 58.4 Å². The van der Waals surface area contributed by atoms with Crippen LogP contribution in [0.3, 0.4) is 0 Å². The van der Waals surface area contributed by atoms with Crippen molar-refractivity contribution in [1.82, 2.24) is 10.2 Å². The number of nitrogens with one attached hydrogen (secondary N) is 1. The van der Waals surface area contributed by atoms with Gasteiger partial charge < -0.3 is 11.1 Å². The highest BCUT2D eigenvalue weighted by Gasteiger charge is 2.34. The molecular weight excluding hydrogens is 250 g/mol. The summed E-state index contributed by atoms with van der Waals surface area (Å²) in [6, 6.07) is 9.52. The Morgan fingerprint density at radius 2 is 1.90 bits per heavy atom. The minimum atomic E-state index is 0.0803. The molecule has 108 valence electrons. The minimum absolute atomic E-state index is 0.0803. The van der Waals surface area contributed by atoms with E-state index in [2.05, 4.69) is 34.5 Å². The Morgan fingerprint density at radius 3 is 2.55 bits per heavy atom. The smallest absolute Gasteiger partial charge is 0.217 e. The van der Waals surface area contributed by atoms with Gasteiger partial charge in [-0.2, -0.15) is 0 Å². The van der Waals surface area contributed by atoms with Crippen LogP contribution < -0.4 is 11.1 Å². The molecule has 2 aliphatic rings. The molecule has 4 heteroatoms. The van der Waals surface area contributed by atoms with Gasteiger partial charge in [0.2, 0.25) is 5.91 Å². The van der Waals surface area contributed by atoms with Crippen molar-refractivity contribution in [2.24, 2.45) is 5.73 Å². The summed E-state index contributed by atoms with van der Waals surface area (Å²) in [7, 11) is 0. The van der Waals surface area contributed by atoms with Crippen molar-refractivity contribution in [3.63, 3.8) is 0 Å². The average Bonchev–Trinajstić information content (AvgIpc) is 2.77. The van der Waals surface area contributed by atoms with E-state index in [1.54, 1.807) is 6.92 Å². The summed E-state index contributed by atoms with van der Waals surface area (Å²) < 4.78 is 0. The zero-order chi connectivity index (χ0) is 14.1. The molecule has 2 atom stereocenters. The van der Waals surface area contributed by atoms with Crippen molar-refractivity contribution in [1.29, 1.82) is 0 Å². The predicted octanol–water partition coefficient (Wildman–Crippen LogP) is 1.73. The predicted molar refractivity (Wildman–Crippen MR) is 79.1 cm³/mol. The number of benzene rings is 1. The fourth-order valence-corrected chi connectivity index (χ4v) is 3.64. The lowest BCUT2D eigenvalue weighted by atomic mass is 10.0. The lowest BCUT2D eigenvalue weighted by Gasteiger charge is -2.36. The number of piperidine rings is 1. The molecule has 1 amide bonds. The number of carbonyl (C=O) groups is 1. The van der Waals surface area contributed by atoms with Crippen molar-refractivity contribution in [2.75, 3.05) is 13.1 Å². The van der Waals surface area contributed by atoms with Crippen LogP contribution in [0.1, 0.15) is 49.4 Å². The van der Waals surface area contributed by atoms with Crippen molar-refractivity contribution in [2.45, 2.75) is 44.3 Å². The summed E-state index contributed by atoms with van der Waals surface area (Å²) in [6.45, 7) is 3.67. The molecule has 0 aromatic heterocycles. The molecule has 1 aliphatic carbocycles. The average molecular weight is 273 g/mol. The highest BCUT2D eigenvalue weighted by atomic mass is 16.1. The summed E-state index contributed by atoms with van der Waals surface area (Å²) in [5.41, 5.74) is 8.96. The van der Waals surface area contributed by atoms with Crippen LogP contribution >= 0.6 is 0 Å². The standard InChI is InChI=1S/C16H23N3O/c1-11(20)18-12-6-8-19(9-7-12)16-10-15(17)13-4-2-3-5-14(13)16/h2-5,12,15-16H,6-10,17H2,1H3,(H,18,20). The van der Waals surface area contributed by atoms with Crippen LogP contribution in [0.5, 0.6) is 0 Å². The number of hydrogen-bond acceptors (Lipinski definition) is 3. The molecular formula is C16H23N3O. The summed E-state index contributed by atoms with van der Waals surface area (Å²) in [5.74, 6) is 0.0803. The zero-order valence-corrected chi connectivity index (χ0v) is 12.0. The summed E-state index contributed by atoms with van der Waals surface area (Å²) in [6.07, 6.45) is 3.09. The maximum atomic E-state index is 11.1. The van der Waals surface area contributed by atoms with Gasteiger partial charge in [0.1, 0.15) is 0 Å². The van der Waals surface area contributed by atoms with Crippen molar-refractivity contribution >= 4 is 5.91 Å². The number of nitrogens with two attached hydrogens (primary N) is 1. The Hall–Kier alpha value is -1.39. The van der Waals surface area contributed by atoms with Crippen LogP contribution in [-0.2, 0) is 4.79 Å². The molecule has 1 aromatic carbocycles. The van der Waals surface area contributed by atoms with E-state index in [-0.39, 0.29) is 11.9 Å². The quantitative estimate of drug-likeness (QED) is 0.863. The number of rotatable bonds is 2. The summed E-state index contributed by atoms with van der Waals surface area (Å²) in [5, 5.41) is 3.03. The van der Waals surface area contributed by atoms with E-state index < -0.39 is 0 Å². The Labute approximate surface area is 120 Å². The van der Waals surface area contributed by atoms with Crippen LogP contribution in [0.2, 0.25) is 0 Å². The maximum absolute atomic E-state index is 11.1. The number of likely N-dealkylation sites (tertiary alicyclic amines) is 1. The van der Waals surface area contributed by atoms with Crippen molar-refractivity contribution in [3.8, 4) is 0 Å². The molecule has 3 N–H and O–H groups in total. The second-order valence-corrected chi connectivity index (χ2v) is 6.00. The highest BCUT2D eigenvalue weighted by molar-refractivity contribution is 5.73. The van der Waals surface area contributed by atoms with Crippen LogP contribution in [0.15, 0.2) is 24.3 Å². The van der Waals surface area contributed by atoms with Gasteiger partial charge in [0.05, 0.1) is 0 Å². The van der Waals surface area contributed by atoms with Crippen LogP contribution in [0.25, 0.3) is 0 Å². The SMILES string of the molecule is CC(=O)NC1CCN(C2CC(N)c3ccccc32)CC1. The molecule has 1 aromatic rings. The first-order chi connectivity index (χ1) is 9.65. The molecule has 0 radical (unpaired) electrons. The Morgan fingerprint density at radius 1 is 1.25 bits per heavy atom. The van der Waals surface area contributed by atoms with Gasteiger partial charge in [-0.05, 0) is 30.4 Å². The number of hydrogen-bond donors (Lipinski definition) is 2. The third-order valence-electron chi connectivity index (χ3n) is 4.61. The first-order valence-electron chi connectivity index (χ1n) is 7.50. The van der Waals surface area contributed by atoms with E-state index >= 15 is 0 Å². The molecule has 2 unspecified atom stereocenters. The van der Waals surface area contributed by atoms with Gasteiger partial charge in [0.15, 0.2) is 0 Å². The van der Waals surface area contributed by atoms with Gasteiger partial charge in [-0.25, -0.2) is 0 Å². The lowest BCUT2D eigenvalue weighted by Crippen LogP contribution is -2.44. The van der Waals surface area contributed by atoms with Crippen LogP contribution in [-0.4, -0.2) is 29.9 Å². The fraction of sp³-hybridized carbons (Fsp3) is 0.562.